The Morgan fingerprint density at radius 2 is 2.20 bits per heavy atom. The van der Waals surface area contributed by atoms with Gasteiger partial charge in [-0.3, -0.25) is 14.9 Å². The maximum absolute atomic E-state index is 11.2. The van der Waals surface area contributed by atoms with Gasteiger partial charge in [-0.2, -0.15) is 0 Å². The standard InChI is InChI=1S/C9H6N2O4/c12-8-5-3-1-2-4-6(5)10-9(13)7(8)11(14)15/h1-5,12H. The van der Waals surface area contributed by atoms with Crippen molar-refractivity contribution >= 4 is 11.6 Å². The minimum absolute atomic E-state index is 0.325. The van der Waals surface area contributed by atoms with E-state index in [2.05, 4.69) is 4.99 Å². The molecule has 0 aromatic carbocycles. The fraction of sp³-hybridized carbons (Fsp3) is 0.111. The molecule has 0 aromatic heterocycles. The summed E-state index contributed by atoms with van der Waals surface area (Å²) in [5.74, 6) is -2.23. The first kappa shape index (κ1) is 9.32. The summed E-state index contributed by atoms with van der Waals surface area (Å²) in [6.45, 7) is 0. The number of fused-ring (bicyclic) bond motifs is 1. The lowest BCUT2D eigenvalue weighted by molar-refractivity contribution is -0.422. The van der Waals surface area contributed by atoms with Gasteiger partial charge in [0.05, 0.1) is 16.6 Å². The van der Waals surface area contributed by atoms with Gasteiger partial charge in [-0.15, -0.1) is 0 Å². The highest BCUT2D eigenvalue weighted by atomic mass is 16.6. The van der Waals surface area contributed by atoms with Crippen molar-refractivity contribution in [2.45, 2.75) is 0 Å². The fourth-order valence-corrected chi connectivity index (χ4v) is 1.47. The molecule has 0 fully saturated rings. The summed E-state index contributed by atoms with van der Waals surface area (Å²) < 4.78 is 0. The molecule has 15 heavy (non-hydrogen) atoms. The molecular formula is C9H6N2O4. The molecule has 1 heterocycles. The van der Waals surface area contributed by atoms with Crippen LogP contribution in [0.4, 0.5) is 0 Å². The molecule has 6 nitrogen and oxygen atoms in total. The van der Waals surface area contributed by atoms with E-state index < -0.39 is 28.2 Å². The predicted octanol–water partition coefficient (Wildman–Crippen LogP) is 0.756. The van der Waals surface area contributed by atoms with Gasteiger partial charge in [0.1, 0.15) is 0 Å². The van der Waals surface area contributed by atoms with E-state index in [9.17, 15) is 20.0 Å². The van der Waals surface area contributed by atoms with E-state index in [0.29, 0.717) is 5.71 Å². The second-order valence-electron chi connectivity index (χ2n) is 3.05. The van der Waals surface area contributed by atoms with E-state index in [1.165, 1.54) is 6.08 Å². The third-order valence-electron chi connectivity index (χ3n) is 2.15. The third-order valence-corrected chi connectivity index (χ3v) is 2.15. The predicted molar refractivity (Wildman–Crippen MR) is 50.9 cm³/mol. The van der Waals surface area contributed by atoms with Crippen molar-refractivity contribution < 1.29 is 14.8 Å². The van der Waals surface area contributed by atoms with Crippen LogP contribution in [0.5, 0.6) is 0 Å². The summed E-state index contributed by atoms with van der Waals surface area (Å²) >= 11 is 0. The Hall–Kier alpha value is -2.24. The van der Waals surface area contributed by atoms with Crippen molar-refractivity contribution in [1.29, 1.82) is 0 Å². The maximum Gasteiger partial charge on any atom is 0.373 e. The number of hydrogen-bond donors (Lipinski definition) is 1. The first-order valence-electron chi connectivity index (χ1n) is 4.16. The number of hydrogen-bond acceptors (Lipinski definition) is 4. The summed E-state index contributed by atoms with van der Waals surface area (Å²) in [7, 11) is 0. The first-order valence-corrected chi connectivity index (χ1v) is 4.16. The van der Waals surface area contributed by atoms with Gasteiger partial charge in [0.2, 0.25) is 0 Å². The number of aliphatic imine (C=N–C) groups is 1. The van der Waals surface area contributed by atoms with Gasteiger partial charge in [0.25, 0.3) is 0 Å². The number of dihydropyridines is 1. The lowest BCUT2D eigenvalue weighted by atomic mass is 9.93. The highest BCUT2D eigenvalue weighted by Gasteiger charge is 2.37. The monoisotopic (exact) mass is 206 g/mol. The molecule has 1 amide bonds. The molecule has 0 bridgehead atoms. The highest BCUT2D eigenvalue weighted by molar-refractivity contribution is 6.12. The van der Waals surface area contributed by atoms with Crippen molar-refractivity contribution in [2.24, 2.45) is 10.9 Å². The van der Waals surface area contributed by atoms with Gasteiger partial charge in [-0.1, -0.05) is 18.2 Å². The van der Waals surface area contributed by atoms with Crippen LogP contribution in [-0.4, -0.2) is 21.6 Å². The number of rotatable bonds is 1. The molecule has 6 heteroatoms. The molecule has 1 N–H and O–H groups in total. The normalized spacial score (nSPS) is 23.9. The van der Waals surface area contributed by atoms with E-state index in [4.69, 9.17) is 0 Å². The van der Waals surface area contributed by atoms with Gasteiger partial charge in [0, 0.05) is 0 Å². The molecule has 1 unspecified atom stereocenters. The molecule has 1 atom stereocenters. The van der Waals surface area contributed by atoms with Crippen LogP contribution in [0, 0.1) is 16.0 Å². The fourth-order valence-electron chi connectivity index (χ4n) is 1.47. The van der Waals surface area contributed by atoms with Crippen LogP contribution in [-0.2, 0) is 4.79 Å². The van der Waals surface area contributed by atoms with Gasteiger partial charge in [0.15, 0.2) is 5.76 Å². The molecule has 0 spiro atoms. The third kappa shape index (κ3) is 1.35. The minimum atomic E-state index is -1.01. The zero-order chi connectivity index (χ0) is 11.0. The van der Waals surface area contributed by atoms with E-state index in [1.54, 1.807) is 18.2 Å². The van der Waals surface area contributed by atoms with Crippen LogP contribution in [0.25, 0.3) is 0 Å². The number of nitrogens with zero attached hydrogens (tertiary/aromatic N) is 2. The average molecular weight is 206 g/mol. The van der Waals surface area contributed by atoms with E-state index in [1.807, 2.05) is 0 Å². The molecule has 2 rings (SSSR count). The van der Waals surface area contributed by atoms with Crippen molar-refractivity contribution in [2.75, 3.05) is 0 Å². The van der Waals surface area contributed by atoms with E-state index in [0.717, 1.165) is 0 Å². The number of allylic oxidation sites excluding steroid dienone is 4. The molecule has 0 saturated carbocycles. The summed E-state index contributed by atoms with van der Waals surface area (Å²) in [6, 6.07) is 0. The smallest absolute Gasteiger partial charge is 0.373 e. The highest BCUT2D eigenvalue weighted by Crippen LogP contribution is 2.25. The van der Waals surface area contributed by atoms with Crippen LogP contribution in [0.2, 0.25) is 0 Å². The maximum atomic E-state index is 11.2. The van der Waals surface area contributed by atoms with Crippen LogP contribution in [0.1, 0.15) is 0 Å². The Balaban J connectivity index is 2.53. The molecule has 1 aliphatic carbocycles. The second kappa shape index (κ2) is 3.16. The molecule has 0 saturated heterocycles. The SMILES string of the molecule is O=C1N=C2C=CC=CC2C(O)=C1[N+](=O)[O-]. The Labute approximate surface area is 84.1 Å². The Morgan fingerprint density at radius 3 is 2.87 bits per heavy atom. The molecule has 1 aliphatic heterocycles. The van der Waals surface area contributed by atoms with Crippen molar-refractivity contribution in [3.05, 3.63) is 45.9 Å². The summed E-state index contributed by atoms with van der Waals surface area (Å²) in [5.41, 5.74) is -0.519. The largest absolute Gasteiger partial charge is 0.505 e. The van der Waals surface area contributed by atoms with Crippen molar-refractivity contribution in [3.63, 3.8) is 0 Å². The van der Waals surface area contributed by atoms with Crippen LogP contribution in [0.15, 0.2) is 40.8 Å². The van der Waals surface area contributed by atoms with Crippen LogP contribution in [0.3, 0.4) is 0 Å². The number of carbonyl (C=O) groups is 1. The summed E-state index contributed by atoms with van der Waals surface area (Å²) in [5, 5.41) is 20.1. The number of nitro groups is 1. The second-order valence-corrected chi connectivity index (χ2v) is 3.05. The first-order chi connectivity index (χ1) is 7.11. The molecular weight excluding hydrogens is 200 g/mol. The van der Waals surface area contributed by atoms with Gasteiger partial charge >= 0.3 is 11.6 Å². The van der Waals surface area contributed by atoms with Gasteiger partial charge < -0.3 is 5.11 Å². The minimum Gasteiger partial charge on any atom is -0.505 e. The molecule has 76 valence electrons. The Kier molecular flexibility index (Phi) is 1.96. The number of aliphatic hydroxyl groups is 1. The van der Waals surface area contributed by atoms with E-state index in [-0.39, 0.29) is 0 Å². The molecule has 0 aromatic rings. The zero-order valence-corrected chi connectivity index (χ0v) is 7.45. The molecule has 0 radical (unpaired) electrons. The quantitative estimate of drug-likeness (QED) is 0.506. The molecule has 2 aliphatic rings. The van der Waals surface area contributed by atoms with Crippen LogP contribution < -0.4 is 0 Å². The van der Waals surface area contributed by atoms with Gasteiger partial charge in [-0.25, -0.2) is 4.99 Å². The van der Waals surface area contributed by atoms with Crippen LogP contribution >= 0.6 is 0 Å². The van der Waals surface area contributed by atoms with Gasteiger partial charge in [-0.05, 0) is 6.08 Å². The topological polar surface area (TPSA) is 92.8 Å². The Morgan fingerprint density at radius 1 is 1.47 bits per heavy atom. The average Bonchev–Trinajstić information content (AvgIpc) is 2.17. The summed E-state index contributed by atoms with van der Waals surface area (Å²) in [6.07, 6.45) is 6.36. The lowest BCUT2D eigenvalue weighted by Gasteiger charge is -2.17. The van der Waals surface area contributed by atoms with Crippen molar-refractivity contribution in [3.8, 4) is 0 Å². The zero-order valence-electron chi connectivity index (χ0n) is 7.45. The summed E-state index contributed by atoms with van der Waals surface area (Å²) in [4.78, 5) is 24.3. The van der Waals surface area contributed by atoms with Crippen molar-refractivity contribution in [1.82, 2.24) is 0 Å². The number of aliphatic hydroxyl groups excluding tert-OH is 1. The van der Waals surface area contributed by atoms with E-state index >= 15 is 0 Å². The lowest BCUT2D eigenvalue weighted by Crippen LogP contribution is -2.27. The number of carbonyl (C=O) groups excluding carboxylic acids is 1. The number of amides is 1. The Bertz CT molecular complexity index is 471.